The zero-order valence-corrected chi connectivity index (χ0v) is 11.2. The number of hydrogen-bond donors (Lipinski definition) is 1. The molecule has 1 atom stereocenters. The molecule has 2 nitrogen and oxygen atoms in total. The van der Waals surface area contributed by atoms with Crippen molar-refractivity contribution in [2.24, 2.45) is 5.92 Å². The molecule has 0 bridgehead atoms. The van der Waals surface area contributed by atoms with Crippen LogP contribution in [0.25, 0.3) is 0 Å². The number of rotatable bonds is 3. The monoisotopic (exact) mass is 360 g/mol. The second kappa shape index (κ2) is 5.91. The molecule has 0 spiro atoms. The summed E-state index contributed by atoms with van der Waals surface area (Å²) in [5, 5.41) is 10.4. The summed E-state index contributed by atoms with van der Waals surface area (Å²) in [4.78, 5) is 0. The van der Waals surface area contributed by atoms with Crippen molar-refractivity contribution in [3.63, 3.8) is 0 Å². The van der Waals surface area contributed by atoms with Gasteiger partial charge < -0.3 is 5.32 Å². The largest absolute Gasteiger partial charge is 0.418 e. The first-order chi connectivity index (χ1) is 9.05. The minimum Gasteiger partial charge on any atom is -0.383 e. The molecule has 0 aliphatic rings. The predicted octanol–water partition coefficient (Wildman–Crippen LogP) is 4.58. The molecule has 0 amide bonds. The van der Waals surface area contributed by atoms with E-state index in [0.717, 1.165) is 18.2 Å². The Labute approximate surface area is 118 Å². The lowest BCUT2D eigenvalue weighted by Gasteiger charge is -2.18. The van der Waals surface area contributed by atoms with E-state index in [1.165, 1.54) is 6.07 Å². The zero-order chi connectivity index (χ0) is 15.6. The Kier molecular flexibility index (Phi) is 4.91. The molecule has 20 heavy (non-hydrogen) atoms. The van der Waals surface area contributed by atoms with Crippen molar-refractivity contribution in [3.8, 4) is 6.07 Å². The molecule has 1 rings (SSSR count). The minimum atomic E-state index is -4.80. The lowest BCUT2D eigenvalue weighted by molar-refractivity contribution is -0.155. The van der Waals surface area contributed by atoms with Crippen LogP contribution in [-0.2, 0) is 6.18 Å². The Hall–Kier alpha value is -1.43. The van der Waals surface area contributed by atoms with Crippen molar-refractivity contribution >= 4 is 21.6 Å². The van der Waals surface area contributed by atoms with E-state index in [2.05, 4.69) is 15.9 Å². The van der Waals surface area contributed by atoms with Crippen molar-refractivity contribution in [1.82, 2.24) is 0 Å². The number of nitrogens with one attached hydrogen (secondary N) is 1. The molecule has 0 heterocycles. The van der Waals surface area contributed by atoms with Crippen molar-refractivity contribution in [3.05, 3.63) is 28.2 Å². The van der Waals surface area contributed by atoms with Crippen LogP contribution in [-0.4, -0.2) is 12.7 Å². The first-order valence-electron chi connectivity index (χ1n) is 5.12. The molecule has 1 unspecified atom stereocenters. The highest BCUT2D eigenvalue weighted by Crippen LogP contribution is 2.37. The standard InChI is InChI=1S/C11H7BrF6N2/c12-7-1-2-9(8(3-7)11(16,17)18)20-5-6(4-19)10(13,14)15/h1-3,6,20H,5H2. The van der Waals surface area contributed by atoms with Gasteiger partial charge in [-0.15, -0.1) is 0 Å². The third-order valence-electron chi connectivity index (χ3n) is 2.33. The van der Waals surface area contributed by atoms with E-state index in [0.29, 0.717) is 0 Å². The molecule has 0 saturated carbocycles. The van der Waals surface area contributed by atoms with Crippen LogP contribution >= 0.6 is 15.9 Å². The second-order valence-corrected chi connectivity index (χ2v) is 4.71. The summed E-state index contributed by atoms with van der Waals surface area (Å²) in [5.74, 6) is -2.38. The van der Waals surface area contributed by atoms with Gasteiger partial charge in [-0.1, -0.05) is 15.9 Å². The van der Waals surface area contributed by atoms with E-state index in [4.69, 9.17) is 5.26 Å². The number of alkyl halides is 6. The number of nitrogens with zero attached hydrogens (tertiary/aromatic N) is 1. The smallest absolute Gasteiger partial charge is 0.383 e. The fourth-order valence-electron chi connectivity index (χ4n) is 1.35. The number of halogens is 7. The molecule has 1 aromatic carbocycles. The number of hydrogen-bond acceptors (Lipinski definition) is 2. The van der Waals surface area contributed by atoms with Crippen LogP contribution in [0.15, 0.2) is 22.7 Å². The normalized spacial score (nSPS) is 13.7. The molecule has 9 heteroatoms. The fourth-order valence-corrected chi connectivity index (χ4v) is 1.71. The van der Waals surface area contributed by atoms with Crippen LogP contribution in [0.3, 0.4) is 0 Å². The van der Waals surface area contributed by atoms with E-state index in [-0.39, 0.29) is 4.47 Å². The maximum Gasteiger partial charge on any atom is 0.418 e. The Morgan fingerprint density at radius 1 is 1.20 bits per heavy atom. The third-order valence-corrected chi connectivity index (χ3v) is 2.83. The summed E-state index contributed by atoms with van der Waals surface area (Å²) in [7, 11) is 0. The highest BCUT2D eigenvalue weighted by molar-refractivity contribution is 9.10. The van der Waals surface area contributed by atoms with Crippen LogP contribution < -0.4 is 5.32 Å². The highest BCUT2D eigenvalue weighted by atomic mass is 79.9. The summed E-state index contributed by atoms with van der Waals surface area (Å²) in [6.07, 6.45) is -9.51. The van der Waals surface area contributed by atoms with Crippen molar-refractivity contribution in [2.75, 3.05) is 11.9 Å². The van der Waals surface area contributed by atoms with Crippen LogP contribution in [0, 0.1) is 17.2 Å². The summed E-state index contributed by atoms with van der Waals surface area (Å²) >= 11 is 2.85. The molecule has 0 saturated heterocycles. The highest BCUT2D eigenvalue weighted by Gasteiger charge is 2.40. The van der Waals surface area contributed by atoms with E-state index in [1.807, 2.05) is 5.32 Å². The van der Waals surface area contributed by atoms with Gasteiger partial charge in [0.1, 0.15) is 0 Å². The molecule has 0 fully saturated rings. The molecule has 0 radical (unpaired) electrons. The van der Waals surface area contributed by atoms with Crippen molar-refractivity contribution in [2.45, 2.75) is 12.4 Å². The first kappa shape index (κ1) is 16.6. The van der Waals surface area contributed by atoms with E-state index in [9.17, 15) is 26.3 Å². The van der Waals surface area contributed by atoms with Gasteiger partial charge in [0, 0.05) is 16.7 Å². The van der Waals surface area contributed by atoms with Crippen LogP contribution in [0.4, 0.5) is 32.0 Å². The molecular weight excluding hydrogens is 354 g/mol. The van der Waals surface area contributed by atoms with Gasteiger partial charge in [-0.25, -0.2) is 0 Å². The van der Waals surface area contributed by atoms with Gasteiger partial charge in [0.2, 0.25) is 0 Å². The molecule has 0 aromatic heterocycles. The molecular formula is C11H7BrF6N2. The minimum absolute atomic E-state index is 0.142. The Morgan fingerprint density at radius 2 is 1.80 bits per heavy atom. The number of nitriles is 1. The van der Waals surface area contributed by atoms with Gasteiger partial charge in [0.25, 0.3) is 0 Å². The van der Waals surface area contributed by atoms with Gasteiger partial charge in [-0.05, 0) is 18.2 Å². The topological polar surface area (TPSA) is 35.8 Å². The Bertz CT molecular complexity index is 517. The Balaban J connectivity index is 2.97. The van der Waals surface area contributed by atoms with Crippen LogP contribution in [0.5, 0.6) is 0 Å². The summed E-state index contributed by atoms with van der Waals surface area (Å²) in [5.41, 5.74) is -1.61. The maximum atomic E-state index is 12.7. The van der Waals surface area contributed by atoms with Gasteiger partial charge in [-0.3, -0.25) is 0 Å². The first-order valence-corrected chi connectivity index (χ1v) is 5.92. The summed E-state index contributed by atoms with van der Waals surface area (Å²) in [6.45, 7) is -0.954. The van der Waals surface area contributed by atoms with Gasteiger partial charge in [-0.2, -0.15) is 31.6 Å². The van der Waals surface area contributed by atoms with Crippen LogP contribution in [0.2, 0.25) is 0 Å². The molecule has 0 aliphatic carbocycles. The molecule has 1 aromatic rings. The van der Waals surface area contributed by atoms with Crippen molar-refractivity contribution in [1.29, 1.82) is 5.26 Å². The van der Waals surface area contributed by atoms with Gasteiger partial charge >= 0.3 is 12.4 Å². The summed E-state index contributed by atoms with van der Waals surface area (Å²) in [6, 6.07) is 4.01. The fraction of sp³-hybridized carbons (Fsp3) is 0.364. The molecule has 110 valence electrons. The van der Waals surface area contributed by atoms with E-state index in [1.54, 1.807) is 0 Å². The lowest BCUT2D eigenvalue weighted by Crippen LogP contribution is -2.28. The third kappa shape index (κ3) is 4.30. The average molecular weight is 361 g/mol. The summed E-state index contributed by atoms with van der Waals surface area (Å²) < 4.78 is 75.3. The van der Waals surface area contributed by atoms with Crippen molar-refractivity contribution < 1.29 is 26.3 Å². The SMILES string of the molecule is N#CC(CNc1ccc(Br)cc1C(F)(F)F)C(F)(F)F. The maximum absolute atomic E-state index is 12.7. The van der Waals surface area contributed by atoms with E-state index >= 15 is 0 Å². The van der Waals surface area contributed by atoms with Crippen LogP contribution in [0.1, 0.15) is 5.56 Å². The quantitative estimate of drug-likeness (QED) is 0.800. The van der Waals surface area contributed by atoms with E-state index < -0.39 is 36.1 Å². The number of benzene rings is 1. The Morgan fingerprint density at radius 3 is 2.25 bits per heavy atom. The van der Waals surface area contributed by atoms with Gasteiger partial charge in [0.15, 0.2) is 5.92 Å². The molecule has 0 aliphatic heterocycles. The lowest BCUT2D eigenvalue weighted by atomic mass is 10.1. The molecule has 1 N–H and O–H groups in total. The van der Waals surface area contributed by atoms with Gasteiger partial charge in [0.05, 0.1) is 11.6 Å². The average Bonchev–Trinajstić information content (AvgIpc) is 2.28. The number of anilines is 1. The second-order valence-electron chi connectivity index (χ2n) is 3.79. The zero-order valence-electron chi connectivity index (χ0n) is 9.61. The predicted molar refractivity (Wildman–Crippen MR) is 62.8 cm³/mol.